The minimum atomic E-state index is -4.87. The Morgan fingerprint density at radius 1 is 1.17 bits per heavy atom. The number of hydrogen-bond acceptors (Lipinski definition) is 5. The van der Waals surface area contributed by atoms with Gasteiger partial charge in [0.25, 0.3) is 5.91 Å². The van der Waals surface area contributed by atoms with E-state index >= 15 is 0 Å². The molecule has 0 aliphatic carbocycles. The van der Waals surface area contributed by atoms with Crippen LogP contribution in [0.5, 0.6) is 5.75 Å². The molecule has 3 rings (SSSR count). The van der Waals surface area contributed by atoms with Crippen molar-refractivity contribution in [2.45, 2.75) is 19.5 Å². The highest BCUT2D eigenvalue weighted by atomic mass is 19.4. The van der Waals surface area contributed by atoms with Crippen molar-refractivity contribution < 1.29 is 32.6 Å². The molecular weight excluding hydrogens is 397 g/mol. The molecule has 0 aliphatic rings. The molecule has 152 valence electrons. The number of para-hydroxylation sites is 1. The monoisotopic (exact) mass is 410 g/mol. The molecule has 0 saturated carbocycles. The van der Waals surface area contributed by atoms with Gasteiger partial charge in [0, 0.05) is 18.3 Å². The van der Waals surface area contributed by atoms with E-state index in [4.69, 9.17) is 5.11 Å². The highest BCUT2D eigenvalue weighted by Crippen LogP contribution is 2.26. The molecule has 2 aromatic heterocycles. The van der Waals surface area contributed by atoms with Gasteiger partial charge in [0.15, 0.2) is 5.65 Å². The molecule has 2 heterocycles. The lowest BCUT2D eigenvalue weighted by molar-refractivity contribution is -0.274. The zero-order valence-corrected chi connectivity index (χ0v) is 14.5. The van der Waals surface area contributed by atoms with Crippen molar-refractivity contribution in [2.75, 3.05) is 0 Å². The van der Waals surface area contributed by atoms with Crippen LogP contribution in [-0.2, 0) is 17.9 Å². The molecule has 0 bridgehead atoms. The van der Waals surface area contributed by atoms with Gasteiger partial charge in [0.1, 0.15) is 12.3 Å². The van der Waals surface area contributed by atoms with Crippen LogP contribution in [0, 0.1) is 0 Å². The van der Waals surface area contributed by atoms with Crippen LogP contribution < -0.4 is 15.7 Å². The second-order valence-electron chi connectivity index (χ2n) is 5.82. The van der Waals surface area contributed by atoms with Gasteiger partial charge in [0.05, 0.1) is 5.56 Å². The number of rotatable bonds is 6. The van der Waals surface area contributed by atoms with Crippen molar-refractivity contribution in [1.82, 2.24) is 19.5 Å². The van der Waals surface area contributed by atoms with Crippen LogP contribution in [0.1, 0.15) is 15.9 Å². The van der Waals surface area contributed by atoms with Crippen molar-refractivity contribution in [3.63, 3.8) is 0 Å². The molecule has 1 amide bonds. The van der Waals surface area contributed by atoms with E-state index in [2.05, 4.69) is 15.2 Å². The molecule has 0 radical (unpaired) electrons. The maximum atomic E-state index is 12.5. The first-order chi connectivity index (χ1) is 13.6. The normalized spacial score (nSPS) is 11.4. The van der Waals surface area contributed by atoms with Gasteiger partial charge in [-0.3, -0.25) is 9.59 Å². The van der Waals surface area contributed by atoms with Crippen LogP contribution in [0.3, 0.4) is 0 Å². The van der Waals surface area contributed by atoms with E-state index in [1.54, 1.807) is 0 Å². The van der Waals surface area contributed by atoms with Gasteiger partial charge in [-0.2, -0.15) is 0 Å². The van der Waals surface area contributed by atoms with Crippen molar-refractivity contribution in [3.8, 4) is 5.75 Å². The van der Waals surface area contributed by atoms with Crippen molar-refractivity contribution in [2.24, 2.45) is 0 Å². The van der Waals surface area contributed by atoms with E-state index in [9.17, 15) is 27.6 Å². The first kappa shape index (κ1) is 19.9. The van der Waals surface area contributed by atoms with Gasteiger partial charge >= 0.3 is 18.0 Å². The fourth-order valence-corrected chi connectivity index (χ4v) is 2.54. The number of benzene rings is 1. The minimum Gasteiger partial charge on any atom is -0.480 e. The fraction of sp³-hybridized carbons (Fsp3) is 0.176. The topological polar surface area (TPSA) is 115 Å². The number of nitrogens with one attached hydrogen (secondary N) is 1. The van der Waals surface area contributed by atoms with Gasteiger partial charge in [-0.25, -0.2) is 13.9 Å². The quantitative estimate of drug-likeness (QED) is 0.635. The summed E-state index contributed by atoms with van der Waals surface area (Å²) in [5.41, 5.74) is -0.480. The molecule has 0 atom stereocenters. The van der Waals surface area contributed by atoms with Crippen LogP contribution in [0.2, 0.25) is 0 Å². The molecule has 0 spiro atoms. The molecule has 29 heavy (non-hydrogen) atoms. The van der Waals surface area contributed by atoms with E-state index in [1.165, 1.54) is 30.3 Å². The third kappa shape index (κ3) is 4.72. The maximum Gasteiger partial charge on any atom is 0.573 e. The van der Waals surface area contributed by atoms with Crippen molar-refractivity contribution in [1.29, 1.82) is 0 Å². The third-order valence-corrected chi connectivity index (χ3v) is 3.76. The molecule has 1 aromatic carbocycles. The number of halogens is 3. The predicted molar refractivity (Wildman–Crippen MR) is 91.4 cm³/mol. The van der Waals surface area contributed by atoms with E-state index in [0.29, 0.717) is 0 Å². The molecule has 0 fully saturated rings. The van der Waals surface area contributed by atoms with E-state index < -0.39 is 36.2 Å². The van der Waals surface area contributed by atoms with E-state index in [-0.39, 0.29) is 23.3 Å². The second-order valence-corrected chi connectivity index (χ2v) is 5.82. The number of nitrogens with zero attached hydrogens (tertiary/aromatic N) is 3. The molecular formula is C17H13F3N4O5. The first-order valence-electron chi connectivity index (χ1n) is 8.07. The standard InChI is InChI=1S/C17H13F3N4O5/c18-17(19,20)29-12-4-2-1-3-10(12)7-21-15(27)11-5-6-13-22-24(9-14(25)26)16(28)23(13)8-11/h1-6,8H,7,9H2,(H,21,27)(H,25,26). The summed E-state index contributed by atoms with van der Waals surface area (Å²) in [5, 5.41) is 15.0. The van der Waals surface area contributed by atoms with Gasteiger partial charge in [0.2, 0.25) is 0 Å². The predicted octanol–water partition coefficient (Wildman–Crippen LogP) is 1.41. The Bertz CT molecular complexity index is 1140. The molecule has 0 aliphatic heterocycles. The van der Waals surface area contributed by atoms with Gasteiger partial charge in [-0.1, -0.05) is 18.2 Å². The summed E-state index contributed by atoms with van der Waals surface area (Å²) in [6, 6.07) is 8.03. The number of aromatic nitrogens is 3. The van der Waals surface area contributed by atoms with Crippen LogP contribution in [-0.4, -0.2) is 37.5 Å². The lowest BCUT2D eigenvalue weighted by Crippen LogP contribution is -2.26. The summed E-state index contributed by atoms with van der Waals surface area (Å²) >= 11 is 0. The minimum absolute atomic E-state index is 0.0312. The Hall–Kier alpha value is -3.83. The second kappa shape index (κ2) is 7.66. The summed E-state index contributed by atoms with van der Waals surface area (Å²) < 4.78 is 43.0. The molecule has 12 heteroatoms. The maximum absolute atomic E-state index is 12.5. The van der Waals surface area contributed by atoms with Gasteiger partial charge < -0.3 is 15.2 Å². The molecule has 0 saturated heterocycles. The average Bonchev–Trinajstić information content (AvgIpc) is 2.94. The Labute approximate surface area is 159 Å². The number of fused-ring (bicyclic) bond motifs is 1. The zero-order chi connectivity index (χ0) is 21.2. The third-order valence-electron chi connectivity index (χ3n) is 3.76. The summed E-state index contributed by atoms with van der Waals surface area (Å²) in [4.78, 5) is 35.2. The number of carbonyl (C=O) groups is 2. The Morgan fingerprint density at radius 2 is 1.90 bits per heavy atom. The lowest BCUT2D eigenvalue weighted by atomic mass is 10.2. The number of carboxylic acid groups (broad SMARTS) is 1. The van der Waals surface area contributed by atoms with Crippen LogP contribution in [0.25, 0.3) is 5.65 Å². The van der Waals surface area contributed by atoms with Crippen LogP contribution >= 0.6 is 0 Å². The van der Waals surface area contributed by atoms with Crippen LogP contribution in [0.15, 0.2) is 47.4 Å². The Balaban J connectivity index is 1.78. The molecule has 2 N–H and O–H groups in total. The van der Waals surface area contributed by atoms with Crippen molar-refractivity contribution >= 4 is 17.5 Å². The summed E-state index contributed by atoms with van der Waals surface area (Å²) in [7, 11) is 0. The number of carboxylic acids is 1. The summed E-state index contributed by atoms with van der Waals surface area (Å²) in [6.45, 7) is -0.895. The lowest BCUT2D eigenvalue weighted by Gasteiger charge is -2.13. The number of hydrogen-bond donors (Lipinski definition) is 2. The number of pyridine rings is 1. The number of alkyl halides is 3. The van der Waals surface area contributed by atoms with Gasteiger partial charge in [-0.05, 0) is 18.2 Å². The number of aliphatic carboxylic acids is 1. The fourth-order valence-electron chi connectivity index (χ4n) is 2.54. The van der Waals surface area contributed by atoms with E-state index in [1.807, 2.05) is 0 Å². The number of amides is 1. The molecule has 9 nitrogen and oxygen atoms in total. The number of ether oxygens (including phenoxy) is 1. The Kier molecular flexibility index (Phi) is 5.26. The highest BCUT2D eigenvalue weighted by molar-refractivity contribution is 5.94. The summed E-state index contributed by atoms with van der Waals surface area (Å²) in [5.74, 6) is -2.36. The molecule has 0 unspecified atom stereocenters. The first-order valence-corrected chi connectivity index (χ1v) is 8.07. The van der Waals surface area contributed by atoms with Gasteiger partial charge in [-0.15, -0.1) is 18.3 Å². The zero-order valence-electron chi connectivity index (χ0n) is 14.5. The van der Waals surface area contributed by atoms with Crippen molar-refractivity contribution in [3.05, 3.63) is 64.2 Å². The Morgan fingerprint density at radius 3 is 2.59 bits per heavy atom. The average molecular weight is 410 g/mol. The smallest absolute Gasteiger partial charge is 0.480 e. The largest absolute Gasteiger partial charge is 0.573 e. The van der Waals surface area contributed by atoms with E-state index in [0.717, 1.165) is 21.3 Å². The highest BCUT2D eigenvalue weighted by Gasteiger charge is 2.32. The SMILES string of the molecule is O=C(O)Cn1nc2ccc(C(=O)NCc3ccccc3OC(F)(F)F)cn2c1=O. The number of carbonyl (C=O) groups excluding carboxylic acids is 1. The summed E-state index contributed by atoms with van der Waals surface area (Å²) in [6.07, 6.45) is -3.71. The van der Waals surface area contributed by atoms with Crippen LogP contribution in [0.4, 0.5) is 13.2 Å². The molecule has 3 aromatic rings.